The van der Waals surface area contributed by atoms with E-state index >= 15 is 0 Å². The molecule has 1 aliphatic carbocycles. The highest BCUT2D eigenvalue weighted by atomic mass is 32.2. The number of amides is 1. The average Bonchev–Trinajstić information content (AvgIpc) is 3.56. The van der Waals surface area contributed by atoms with E-state index in [0.717, 1.165) is 24.1 Å². The maximum atomic E-state index is 13.2. The lowest BCUT2D eigenvalue weighted by Gasteiger charge is -2.34. The number of anilines is 2. The maximum absolute atomic E-state index is 13.2. The van der Waals surface area contributed by atoms with Gasteiger partial charge in [-0.15, -0.1) is 0 Å². The van der Waals surface area contributed by atoms with Crippen molar-refractivity contribution in [3.8, 4) is 0 Å². The number of carbonyl (C=O) groups excluding carboxylic acids is 1. The van der Waals surface area contributed by atoms with Gasteiger partial charge in [0.15, 0.2) is 0 Å². The lowest BCUT2D eigenvalue weighted by molar-refractivity contribution is -0.120. The van der Waals surface area contributed by atoms with Crippen LogP contribution in [0, 0.1) is 5.92 Å². The SMILES string of the molecule is C[C@H]1Cc2cc(S(=O)(=O)N3CCN(c4ncccn4)CC3)ccc2N1C(=O)C1CC1. The molecule has 2 aromatic rings. The molecule has 30 heavy (non-hydrogen) atoms. The van der Waals surface area contributed by atoms with Crippen LogP contribution in [-0.4, -0.2) is 60.8 Å². The average molecular weight is 428 g/mol. The standard InChI is InChI=1S/C21H25N5O3S/c1-15-13-17-14-18(5-6-19(17)26(15)20(27)16-3-4-16)30(28,29)25-11-9-24(10-12-25)21-22-7-2-8-23-21/h2,5-8,14-16H,3-4,9-13H2,1H3/t15-/m0/s1. The summed E-state index contributed by atoms with van der Waals surface area (Å²) in [4.78, 5) is 25.3. The first-order valence-corrected chi connectivity index (χ1v) is 11.9. The Balaban J connectivity index is 1.33. The van der Waals surface area contributed by atoms with Gasteiger partial charge in [-0.1, -0.05) is 0 Å². The van der Waals surface area contributed by atoms with E-state index in [2.05, 4.69) is 9.97 Å². The van der Waals surface area contributed by atoms with Crippen LogP contribution in [-0.2, 0) is 21.2 Å². The van der Waals surface area contributed by atoms with Crippen molar-refractivity contribution in [1.82, 2.24) is 14.3 Å². The highest BCUT2D eigenvalue weighted by Crippen LogP contribution is 2.39. The number of fused-ring (bicyclic) bond motifs is 1. The summed E-state index contributed by atoms with van der Waals surface area (Å²) in [6.07, 6.45) is 5.99. The first-order chi connectivity index (χ1) is 14.4. The summed E-state index contributed by atoms with van der Waals surface area (Å²) in [5.41, 5.74) is 1.80. The molecule has 9 heteroatoms. The van der Waals surface area contributed by atoms with E-state index in [4.69, 9.17) is 0 Å². The Labute approximate surface area is 176 Å². The third kappa shape index (κ3) is 3.35. The number of sulfonamides is 1. The quantitative estimate of drug-likeness (QED) is 0.738. The van der Waals surface area contributed by atoms with Gasteiger partial charge in [0.05, 0.1) is 4.90 Å². The molecule has 0 bridgehead atoms. The van der Waals surface area contributed by atoms with E-state index in [1.807, 2.05) is 16.7 Å². The fourth-order valence-corrected chi connectivity index (χ4v) is 5.84. The zero-order valence-corrected chi connectivity index (χ0v) is 17.8. The van der Waals surface area contributed by atoms with Crippen molar-refractivity contribution in [3.05, 3.63) is 42.2 Å². The second-order valence-electron chi connectivity index (χ2n) is 8.27. The molecule has 0 radical (unpaired) electrons. The second-order valence-corrected chi connectivity index (χ2v) is 10.2. The molecule has 0 N–H and O–H groups in total. The molecule has 1 saturated carbocycles. The Morgan fingerprint density at radius 3 is 2.43 bits per heavy atom. The number of benzene rings is 1. The predicted molar refractivity (Wildman–Crippen MR) is 113 cm³/mol. The van der Waals surface area contributed by atoms with Crippen molar-refractivity contribution in [3.63, 3.8) is 0 Å². The smallest absolute Gasteiger partial charge is 0.243 e. The molecule has 5 rings (SSSR count). The van der Waals surface area contributed by atoms with Gasteiger partial charge in [-0.05, 0) is 56.0 Å². The van der Waals surface area contributed by atoms with Crippen LogP contribution in [0.5, 0.6) is 0 Å². The molecular formula is C21H25N5O3S. The Kier molecular flexibility index (Phi) is 4.74. The van der Waals surface area contributed by atoms with Gasteiger partial charge in [-0.2, -0.15) is 4.31 Å². The van der Waals surface area contributed by atoms with Crippen molar-refractivity contribution in [2.45, 2.75) is 37.1 Å². The molecule has 1 amide bonds. The molecule has 1 atom stereocenters. The summed E-state index contributed by atoms with van der Waals surface area (Å²) in [6.45, 7) is 3.91. The number of hydrogen-bond donors (Lipinski definition) is 0. The van der Waals surface area contributed by atoms with Crippen molar-refractivity contribution >= 4 is 27.6 Å². The molecule has 1 saturated heterocycles. The highest BCUT2D eigenvalue weighted by molar-refractivity contribution is 7.89. The fraction of sp³-hybridized carbons (Fsp3) is 0.476. The summed E-state index contributed by atoms with van der Waals surface area (Å²) in [5, 5.41) is 0. The third-order valence-electron chi connectivity index (χ3n) is 6.14. The summed E-state index contributed by atoms with van der Waals surface area (Å²) >= 11 is 0. The van der Waals surface area contributed by atoms with E-state index in [0.29, 0.717) is 43.4 Å². The maximum Gasteiger partial charge on any atom is 0.243 e. The molecule has 158 valence electrons. The van der Waals surface area contributed by atoms with E-state index in [1.165, 1.54) is 4.31 Å². The zero-order chi connectivity index (χ0) is 20.9. The van der Waals surface area contributed by atoms with Crippen LogP contribution < -0.4 is 9.80 Å². The summed E-state index contributed by atoms with van der Waals surface area (Å²) in [5.74, 6) is 0.948. The van der Waals surface area contributed by atoms with E-state index in [1.54, 1.807) is 36.7 Å². The van der Waals surface area contributed by atoms with Gasteiger partial charge in [-0.3, -0.25) is 4.79 Å². The highest BCUT2D eigenvalue weighted by Gasteiger charge is 2.40. The minimum Gasteiger partial charge on any atom is -0.338 e. The molecule has 0 unspecified atom stereocenters. The van der Waals surface area contributed by atoms with Crippen LogP contribution in [0.1, 0.15) is 25.3 Å². The van der Waals surface area contributed by atoms with Crippen molar-refractivity contribution in [2.24, 2.45) is 5.92 Å². The molecule has 1 aromatic heterocycles. The van der Waals surface area contributed by atoms with Crippen LogP contribution in [0.3, 0.4) is 0 Å². The molecule has 8 nitrogen and oxygen atoms in total. The number of nitrogens with zero attached hydrogens (tertiary/aromatic N) is 5. The van der Waals surface area contributed by atoms with Crippen molar-refractivity contribution in [1.29, 1.82) is 0 Å². The van der Waals surface area contributed by atoms with Crippen LogP contribution in [0.2, 0.25) is 0 Å². The van der Waals surface area contributed by atoms with Crippen LogP contribution >= 0.6 is 0 Å². The van der Waals surface area contributed by atoms with Gasteiger partial charge in [0.1, 0.15) is 0 Å². The van der Waals surface area contributed by atoms with Gasteiger partial charge in [0, 0.05) is 56.2 Å². The molecule has 3 aliphatic rings. The largest absolute Gasteiger partial charge is 0.338 e. The number of hydrogen-bond acceptors (Lipinski definition) is 6. The van der Waals surface area contributed by atoms with Crippen LogP contribution in [0.15, 0.2) is 41.6 Å². The number of piperazine rings is 1. The Morgan fingerprint density at radius 2 is 1.77 bits per heavy atom. The Morgan fingerprint density at radius 1 is 1.07 bits per heavy atom. The number of rotatable bonds is 4. The Hall–Kier alpha value is -2.52. The Bertz CT molecular complexity index is 1060. The number of carbonyl (C=O) groups is 1. The first-order valence-electron chi connectivity index (χ1n) is 10.4. The molecular weight excluding hydrogens is 402 g/mol. The normalized spacial score (nSPS) is 22.2. The van der Waals surface area contributed by atoms with E-state index < -0.39 is 10.0 Å². The predicted octanol–water partition coefficient (Wildman–Crippen LogP) is 1.68. The lowest BCUT2D eigenvalue weighted by atomic mass is 10.1. The van der Waals surface area contributed by atoms with Crippen molar-refractivity contribution < 1.29 is 13.2 Å². The molecule has 0 spiro atoms. The molecule has 2 aliphatic heterocycles. The first kappa shape index (κ1) is 19.4. The molecule has 3 heterocycles. The summed E-state index contributed by atoms with van der Waals surface area (Å²) in [7, 11) is -3.59. The van der Waals surface area contributed by atoms with Gasteiger partial charge < -0.3 is 9.80 Å². The molecule has 2 fully saturated rings. The van der Waals surface area contributed by atoms with Crippen molar-refractivity contribution in [2.75, 3.05) is 36.0 Å². The van der Waals surface area contributed by atoms with Gasteiger partial charge in [0.25, 0.3) is 0 Å². The lowest BCUT2D eigenvalue weighted by Crippen LogP contribution is -2.49. The third-order valence-corrected chi connectivity index (χ3v) is 8.04. The summed E-state index contributed by atoms with van der Waals surface area (Å²) < 4.78 is 28.0. The van der Waals surface area contributed by atoms with E-state index in [-0.39, 0.29) is 17.9 Å². The zero-order valence-electron chi connectivity index (χ0n) is 16.9. The van der Waals surface area contributed by atoms with Crippen LogP contribution in [0.4, 0.5) is 11.6 Å². The van der Waals surface area contributed by atoms with Crippen LogP contribution in [0.25, 0.3) is 0 Å². The molecule has 1 aromatic carbocycles. The van der Waals surface area contributed by atoms with Gasteiger partial charge in [0.2, 0.25) is 21.9 Å². The minimum atomic E-state index is -3.59. The monoisotopic (exact) mass is 427 g/mol. The van der Waals surface area contributed by atoms with E-state index in [9.17, 15) is 13.2 Å². The van der Waals surface area contributed by atoms with Gasteiger partial charge >= 0.3 is 0 Å². The van der Waals surface area contributed by atoms with Gasteiger partial charge in [-0.25, -0.2) is 18.4 Å². The topological polar surface area (TPSA) is 86.7 Å². The second kappa shape index (κ2) is 7.31. The summed E-state index contributed by atoms with van der Waals surface area (Å²) in [6, 6.07) is 7.04. The number of aromatic nitrogens is 2. The minimum absolute atomic E-state index is 0.0699. The fourth-order valence-electron chi connectivity index (χ4n) is 4.36.